The van der Waals surface area contributed by atoms with Crippen LogP contribution in [0.5, 0.6) is 0 Å². The van der Waals surface area contributed by atoms with E-state index in [-0.39, 0.29) is 11.9 Å². The van der Waals surface area contributed by atoms with Crippen molar-refractivity contribution in [3.8, 4) is 0 Å². The molecule has 1 aromatic carbocycles. The molecule has 1 unspecified atom stereocenters. The maximum atomic E-state index is 14.4. The van der Waals surface area contributed by atoms with E-state index < -0.39 is 0 Å². The molecule has 0 bridgehead atoms. The zero-order chi connectivity index (χ0) is 15.4. The van der Waals surface area contributed by atoms with Gasteiger partial charge in [-0.15, -0.1) is 0 Å². The molecule has 0 heterocycles. The number of ether oxygens (including phenoxy) is 1. The molecule has 1 atom stereocenters. The first-order chi connectivity index (χ1) is 10.0. The van der Waals surface area contributed by atoms with Crippen molar-refractivity contribution in [3.05, 3.63) is 34.6 Å². The van der Waals surface area contributed by atoms with Crippen LogP contribution in [-0.4, -0.2) is 19.3 Å². The first-order valence-corrected chi connectivity index (χ1v) is 8.16. The van der Waals surface area contributed by atoms with Crippen molar-refractivity contribution in [2.75, 3.05) is 13.2 Å². The van der Waals surface area contributed by atoms with Crippen molar-refractivity contribution < 1.29 is 9.13 Å². The van der Waals surface area contributed by atoms with Gasteiger partial charge in [0.1, 0.15) is 5.82 Å². The van der Waals surface area contributed by atoms with E-state index in [4.69, 9.17) is 4.74 Å². The van der Waals surface area contributed by atoms with E-state index in [0.717, 1.165) is 49.1 Å². The van der Waals surface area contributed by atoms with E-state index in [9.17, 15) is 4.39 Å². The second-order valence-electron chi connectivity index (χ2n) is 6.24. The summed E-state index contributed by atoms with van der Waals surface area (Å²) in [5.41, 5.74) is 2.89. The summed E-state index contributed by atoms with van der Waals surface area (Å²) in [5, 5.41) is 3.47. The van der Waals surface area contributed by atoms with Crippen molar-refractivity contribution in [2.45, 2.75) is 59.1 Å². The normalized spacial score (nSPS) is 22.9. The van der Waals surface area contributed by atoms with Crippen LogP contribution in [0.1, 0.15) is 55.8 Å². The summed E-state index contributed by atoms with van der Waals surface area (Å²) in [6, 6.07) is 3.84. The molecule has 1 aliphatic rings. The standard InChI is InChI=1S/C18H28FNO/c1-5-20-17(11-14-9-15(10-14)21-6-2)18-13(4)7-12(3)8-16(18)19/h7-8,14-15,17,20H,5-6,9-11H2,1-4H3. The highest BCUT2D eigenvalue weighted by molar-refractivity contribution is 5.34. The summed E-state index contributed by atoms with van der Waals surface area (Å²) >= 11 is 0. The Morgan fingerprint density at radius 1 is 1.29 bits per heavy atom. The Hall–Kier alpha value is -0.930. The third-order valence-corrected chi connectivity index (χ3v) is 4.44. The van der Waals surface area contributed by atoms with Gasteiger partial charge in [-0.3, -0.25) is 0 Å². The Kier molecular flexibility index (Phi) is 5.77. The van der Waals surface area contributed by atoms with Crippen molar-refractivity contribution in [3.63, 3.8) is 0 Å². The van der Waals surface area contributed by atoms with Crippen LogP contribution in [0, 0.1) is 25.6 Å². The average Bonchev–Trinajstić information content (AvgIpc) is 2.35. The van der Waals surface area contributed by atoms with E-state index in [1.807, 2.05) is 20.8 Å². The zero-order valence-corrected chi connectivity index (χ0v) is 13.7. The van der Waals surface area contributed by atoms with Gasteiger partial charge in [-0.1, -0.05) is 13.0 Å². The fourth-order valence-electron chi connectivity index (χ4n) is 3.49. The monoisotopic (exact) mass is 293 g/mol. The Balaban J connectivity index is 2.06. The molecule has 0 aliphatic heterocycles. The van der Waals surface area contributed by atoms with Gasteiger partial charge >= 0.3 is 0 Å². The predicted octanol–water partition coefficient (Wildman–Crippen LogP) is 4.30. The number of hydrogen-bond acceptors (Lipinski definition) is 2. The molecule has 2 nitrogen and oxygen atoms in total. The maximum Gasteiger partial charge on any atom is 0.128 e. The lowest BCUT2D eigenvalue weighted by atomic mass is 9.76. The molecule has 0 radical (unpaired) electrons. The molecule has 21 heavy (non-hydrogen) atoms. The van der Waals surface area contributed by atoms with E-state index in [0.29, 0.717) is 12.0 Å². The molecule has 0 aromatic heterocycles. The second-order valence-corrected chi connectivity index (χ2v) is 6.24. The Morgan fingerprint density at radius 2 is 2.00 bits per heavy atom. The van der Waals surface area contributed by atoms with Gasteiger partial charge < -0.3 is 10.1 Å². The first-order valence-electron chi connectivity index (χ1n) is 8.16. The summed E-state index contributed by atoms with van der Waals surface area (Å²) < 4.78 is 20.0. The molecule has 2 rings (SSSR count). The second kappa shape index (κ2) is 7.37. The largest absolute Gasteiger partial charge is 0.378 e. The van der Waals surface area contributed by atoms with Crippen LogP contribution in [0.4, 0.5) is 4.39 Å². The number of halogens is 1. The number of rotatable bonds is 7. The Morgan fingerprint density at radius 3 is 2.57 bits per heavy atom. The molecule has 0 amide bonds. The fourth-order valence-corrected chi connectivity index (χ4v) is 3.49. The zero-order valence-electron chi connectivity index (χ0n) is 13.7. The minimum absolute atomic E-state index is 0.0702. The van der Waals surface area contributed by atoms with Gasteiger partial charge in [0, 0.05) is 18.2 Å². The summed E-state index contributed by atoms with van der Waals surface area (Å²) in [4.78, 5) is 0. The molecular weight excluding hydrogens is 265 g/mol. The highest BCUT2D eigenvalue weighted by Crippen LogP contribution is 2.38. The lowest BCUT2D eigenvalue weighted by Crippen LogP contribution is -2.35. The topological polar surface area (TPSA) is 21.3 Å². The molecule has 0 saturated heterocycles. The minimum Gasteiger partial charge on any atom is -0.378 e. The van der Waals surface area contributed by atoms with E-state index in [1.54, 1.807) is 6.07 Å². The highest BCUT2D eigenvalue weighted by Gasteiger charge is 2.32. The summed E-state index contributed by atoms with van der Waals surface area (Å²) in [7, 11) is 0. The maximum absolute atomic E-state index is 14.4. The minimum atomic E-state index is -0.0702. The van der Waals surface area contributed by atoms with Crippen molar-refractivity contribution in [1.82, 2.24) is 5.32 Å². The third-order valence-electron chi connectivity index (χ3n) is 4.44. The summed E-state index contributed by atoms with van der Waals surface area (Å²) in [6.07, 6.45) is 3.65. The quantitative estimate of drug-likeness (QED) is 0.809. The summed E-state index contributed by atoms with van der Waals surface area (Å²) in [5.74, 6) is 0.574. The molecule has 1 fully saturated rings. The van der Waals surface area contributed by atoms with Gasteiger partial charge in [0.05, 0.1) is 6.10 Å². The molecule has 3 heteroatoms. The molecule has 1 aliphatic carbocycles. The van der Waals surface area contributed by atoms with Crippen LogP contribution < -0.4 is 5.32 Å². The molecule has 1 aromatic rings. The smallest absolute Gasteiger partial charge is 0.128 e. The van der Waals surface area contributed by atoms with Gasteiger partial charge in [-0.05, 0) is 69.7 Å². The Bertz CT molecular complexity index is 445. The molecule has 0 spiro atoms. The average molecular weight is 293 g/mol. The van der Waals surface area contributed by atoms with Crippen LogP contribution in [0.2, 0.25) is 0 Å². The van der Waals surface area contributed by atoms with E-state index in [1.165, 1.54) is 0 Å². The molecule has 118 valence electrons. The highest BCUT2D eigenvalue weighted by atomic mass is 19.1. The van der Waals surface area contributed by atoms with E-state index >= 15 is 0 Å². The van der Waals surface area contributed by atoms with Crippen LogP contribution in [0.3, 0.4) is 0 Å². The van der Waals surface area contributed by atoms with Crippen LogP contribution >= 0.6 is 0 Å². The lowest BCUT2D eigenvalue weighted by Gasteiger charge is -2.37. The number of nitrogens with one attached hydrogen (secondary N) is 1. The SMILES string of the molecule is CCNC(CC1CC(OCC)C1)c1c(C)cc(C)cc1F. The predicted molar refractivity (Wildman–Crippen MR) is 85.0 cm³/mol. The summed E-state index contributed by atoms with van der Waals surface area (Å²) in [6.45, 7) is 9.73. The molecule has 1 N–H and O–H groups in total. The third kappa shape index (κ3) is 4.04. The van der Waals surface area contributed by atoms with Crippen molar-refractivity contribution in [2.24, 2.45) is 5.92 Å². The number of hydrogen-bond donors (Lipinski definition) is 1. The Labute approximate surface area is 128 Å². The van der Waals surface area contributed by atoms with Gasteiger partial charge in [-0.2, -0.15) is 0 Å². The number of aryl methyl sites for hydroxylation is 2. The molecule has 1 saturated carbocycles. The lowest BCUT2D eigenvalue weighted by molar-refractivity contribution is -0.0292. The van der Waals surface area contributed by atoms with Gasteiger partial charge in [0.15, 0.2) is 0 Å². The molecular formula is C18H28FNO. The fraction of sp³-hybridized carbons (Fsp3) is 0.667. The van der Waals surface area contributed by atoms with Crippen LogP contribution in [-0.2, 0) is 4.74 Å². The van der Waals surface area contributed by atoms with Gasteiger partial charge in [-0.25, -0.2) is 4.39 Å². The van der Waals surface area contributed by atoms with E-state index in [2.05, 4.69) is 18.3 Å². The van der Waals surface area contributed by atoms with Gasteiger partial charge in [0.25, 0.3) is 0 Å². The van der Waals surface area contributed by atoms with Crippen molar-refractivity contribution in [1.29, 1.82) is 0 Å². The van der Waals surface area contributed by atoms with Crippen LogP contribution in [0.15, 0.2) is 12.1 Å². The van der Waals surface area contributed by atoms with Crippen molar-refractivity contribution >= 4 is 0 Å². The van der Waals surface area contributed by atoms with Gasteiger partial charge in [0.2, 0.25) is 0 Å². The first kappa shape index (κ1) is 16.4. The number of benzene rings is 1. The van der Waals surface area contributed by atoms with Crippen LogP contribution in [0.25, 0.3) is 0 Å².